The first-order chi connectivity index (χ1) is 10.5. The zero-order valence-electron chi connectivity index (χ0n) is 15.6. The summed E-state index contributed by atoms with van der Waals surface area (Å²) < 4.78 is 0. The first kappa shape index (κ1) is 19.5. The van der Waals surface area contributed by atoms with E-state index >= 15 is 0 Å². The van der Waals surface area contributed by atoms with Crippen LogP contribution in [0, 0.1) is 11.8 Å². The number of piperidine rings is 1. The fourth-order valence-electron chi connectivity index (χ4n) is 3.68. The molecule has 1 saturated heterocycles. The number of nitrogens with zero attached hydrogens (tertiary/aromatic N) is 2. The van der Waals surface area contributed by atoms with Gasteiger partial charge >= 0.3 is 0 Å². The molecule has 1 unspecified atom stereocenters. The highest BCUT2D eigenvalue weighted by atomic mass is 16.2. The van der Waals surface area contributed by atoms with E-state index in [0.29, 0.717) is 6.04 Å². The normalized spacial score (nSPS) is 22.6. The molecule has 2 aliphatic rings. The number of hydrogen-bond donors (Lipinski definition) is 0. The molecule has 22 heavy (non-hydrogen) atoms. The van der Waals surface area contributed by atoms with Crippen LogP contribution in [0.3, 0.4) is 0 Å². The number of likely N-dealkylation sites (tertiary alicyclic amines) is 1. The van der Waals surface area contributed by atoms with Gasteiger partial charge in [-0.2, -0.15) is 0 Å². The Hall–Kier alpha value is -0.570. The van der Waals surface area contributed by atoms with Gasteiger partial charge in [0.15, 0.2) is 0 Å². The van der Waals surface area contributed by atoms with Gasteiger partial charge in [-0.3, -0.25) is 4.79 Å². The van der Waals surface area contributed by atoms with Gasteiger partial charge in [0.25, 0.3) is 0 Å². The van der Waals surface area contributed by atoms with Gasteiger partial charge in [0, 0.05) is 20.0 Å². The van der Waals surface area contributed by atoms with Crippen molar-refractivity contribution in [3.8, 4) is 0 Å². The molecule has 0 N–H and O–H groups in total. The summed E-state index contributed by atoms with van der Waals surface area (Å²) in [5, 5.41) is 0. The number of hydrogen-bond acceptors (Lipinski definition) is 2. The van der Waals surface area contributed by atoms with Crippen LogP contribution in [0.5, 0.6) is 0 Å². The minimum Gasteiger partial charge on any atom is -0.343 e. The summed E-state index contributed by atoms with van der Waals surface area (Å²) in [6, 6.07) is 0.471. The lowest BCUT2D eigenvalue weighted by Gasteiger charge is -2.34. The molecule has 1 saturated carbocycles. The summed E-state index contributed by atoms with van der Waals surface area (Å²) in [6.07, 6.45) is 11.1. The van der Waals surface area contributed by atoms with Crippen molar-refractivity contribution in [1.82, 2.24) is 9.80 Å². The fourth-order valence-corrected chi connectivity index (χ4v) is 3.68. The van der Waals surface area contributed by atoms with Crippen molar-refractivity contribution in [2.24, 2.45) is 11.8 Å². The molecular formula is C19H38N2O. The first-order valence-corrected chi connectivity index (χ1v) is 9.37. The third kappa shape index (κ3) is 6.68. The number of carbonyl (C=O) groups excluding carboxylic acids is 1. The van der Waals surface area contributed by atoms with Crippen LogP contribution in [0.1, 0.15) is 72.1 Å². The van der Waals surface area contributed by atoms with Crippen LogP contribution >= 0.6 is 0 Å². The average molecular weight is 311 g/mol. The van der Waals surface area contributed by atoms with Gasteiger partial charge in [-0.15, -0.1) is 0 Å². The molecule has 2 rings (SSSR count). The van der Waals surface area contributed by atoms with E-state index in [4.69, 9.17) is 0 Å². The predicted molar refractivity (Wildman–Crippen MR) is 95.0 cm³/mol. The van der Waals surface area contributed by atoms with Crippen molar-refractivity contribution in [1.29, 1.82) is 0 Å². The molecular weight excluding hydrogens is 272 g/mol. The second kappa shape index (κ2) is 10.3. The topological polar surface area (TPSA) is 23.6 Å². The van der Waals surface area contributed by atoms with E-state index in [9.17, 15) is 4.79 Å². The van der Waals surface area contributed by atoms with Crippen molar-refractivity contribution < 1.29 is 4.79 Å². The summed E-state index contributed by atoms with van der Waals surface area (Å²) in [4.78, 5) is 15.2. The van der Waals surface area contributed by atoms with Crippen LogP contribution in [-0.2, 0) is 4.79 Å². The lowest BCUT2D eigenvalue weighted by atomic mass is 9.80. The SMILES string of the molecule is CC(=O)N(C)C1CCN(C)CC1.CCC(C)C1CCCCC1. The maximum atomic E-state index is 11.0. The second-order valence-electron chi connectivity index (χ2n) is 7.45. The van der Waals surface area contributed by atoms with Gasteiger partial charge in [0.05, 0.1) is 0 Å². The molecule has 0 aromatic heterocycles. The van der Waals surface area contributed by atoms with E-state index in [0.717, 1.165) is 37.8 Å². The number of amides is 1. The Bertz CT molecular complexity index is 305. The molecule has 2 fully saturated rings. The zero-order valence-corrected chi connectivity index (χ0v) is 15.6. The molecule has 1 amide bonds. The molecule has 1 atom stereocenters. The third-order valence-corrected chi connectivity index (χ3v) is 5.83. The van der Waals surface area contributed by atoms with Gasteiger partial charge in [-0.1, -0.05) is 52.4 Å². The summed E-state index contributed by atoms with van der Waals surface area (Å²) in [7, 11) is 4.03. The molecule has 130 valence electrons. The minimum absolute atomic E-state index is 0.185. The van der Waals surface area contributed by atoms with Crippen molar-refractivity contribution in [2.45, 2.75) is 78.2 Å². The van der Waals surface area contributed by atoms with Crippen LogP contribution in [0.25, 0.3) is 0 Å². The van der Waals surface area contributed by atoms with Crippen LogP contribution in [0.15, 0.2) is 0 Å². The number of rotatable bonds is 3. The first-order valence-electron chi connectivity index (χ1n) is 9.37. The highest BCUT2D eigenvalue weighted by Crippen LogP contribution is 2.30. The van der Waals surface area contributed by atoms with Crippen molar-refractivity contribution >= 4 is 5.91 Å². The Balaban J connectivity index is 0.000000224. The van der Waals surface area contributed by atoms with Crippen molar-refractivity contribution in [2.75, 3.05) is 27.2 Å². The molecule has 0 spiro atoms. The monoisotopic (exact) mass is 310 g/mol. The van der Waals surface area contributed by atoms with E-state index in [-0.39, 0.29) is 5.91 Å². The van der Waals surface area contributed by atoms with Crippen LogP contribution < -0.4 is 0 Å². The minimum atomic E-state index is 0.185. The quantitative estimate of drug-likeness (QED) is 0.781. The van der Waals surface area contributed by atoms with Crippen molar-refractivity contribution in [3.63, 3.8) is 0 Å². The van der Waals surface area contributed by atoms with Crippen LogP contribution in [0.4, 0.5) is 0 Å². The molecule has 0 radical (unpaired) electrons. The van der Waals surface area contributed by atoms with Gasteiger partial charge < -0.3 is 9.80 Å². The maximum absolute atomic E-state index is 11.0. The number of carbonyl (C=O) groups is 1. The Morgan fingerprint density at radius 3 is 2.14 bits per heavy atom. The largest absolute Gasteiger partial charge is 0.343 e. The summed E-state index contributed by atoms with van der Waals surface area (Å²) in [6.45, 7) is 8.60. The maximum Gasteiger partial charge on any atom is 0.219 e. The zero-order chi connectivity index (χ0) is 16.5. The highest BCUT2D eigenvalue weighted by molar-refractivity contribution is 5.73. The molecule has 1 aliphatic heterocycles. The lowest BCUT2D eigenvalue weighted by molar-refractivity contribution is -0.130. The van der Waals surface area contributed by atoms with Gasteiger partial charge in [-0.05, 0) is 44.8 Å². The van der Waals surface area contributed by atoms with Gasteiger partial charge in [0.2, 0.25) is 5.91 Å². The summed E-state index contributed by atoms with van der Waals surface area (Å²) in [5.74, 6) is 2.24. The Kier molecular flexibility index (Phi) is 9.08. The molecule has 1 heterocycles. The molecule has 0 aromatic carbocycles. The molecule has 3 heteroatoms. The van der Waals surface area contributed by atoms with E-state index in [1.807, 2.05) is 11.9 Å². The van der Waals surface area contributed by atoms with Gasteiger partial charge in [-0.25, -0.2) is 0 Å². The standard InChI is InChI=1S/C10H20.C9H18N2O/c1-3-9(2)10-7-5-4-6-8-10;1-8(12)11(3)9-4-6-10(2)7-5-9/h9-10H,3-8H2,1-2H3;9H,4-7H2,1-3H3. The molecule has 0 bridgehead atoms. The highest BCUT2D eigenvalue weighted by Gasteiger charge is 2.21. The average Bonchev–Trinajstić information content (AvgIpc) is 2.55. The fraction of sp³-hybridized carbons (Fsp3) is 0.947. The van der Waals surface area contributed by atoms with E-state index in [1.165, 1.54) is 38.5 Å². The van der Waals surface area contributed by atoms with E-state index in [2.05, 4.69) is 25.8 Å². The van der Waals surface area contributed by atoms with E-state index in [1.54, 1.807) is 6.92 Å². The van der Waals surface area contributed by atoms with Crippen LogP contribution in [-0.4, -0.2) is 48.9 Å². The van der Waals surface area contributed by atoms with Gasteiger partial charge in [0.1, 0.15) is 0 Å². The predicted octanol–water partition coefficient (Wildman–Crippen LogP) is 4.17. The molecule has 1 aliphatic carbocycles. The summed E-state index contributed by atoms with van der Waals surface area (Å²) in [5.41, 5.74) is 0. The summed E-state index contributed by atoms with van der Waals surface area (Å²) >= 11 is 0. The lowest BCUT2D eigenvalue weighted by Crippen LogP contribution is -2.43. The van der Waals surface area contributed by atoms with Crippen LogP contribution in [0.2, 0.25) is 0 Å². The van der Waals surface area contributed by atoms with E-state index < -0.39 is 0 Å². The Labute approximate surface area is 138 Å². The smallest absolute Gasteiger partial charge is 0.219 e. The second-order valence-corrected chi connectivity index (χ2v) is 7.45. The van der Waals surface area contributed by atoms with Crippen molar-refractivity contribution in [3.05, 3.63) is 0 Å². The molecule has 3 nitrogen and oxygen atoms in total. The third-order valence-electron chi connectivity index (χ3n) is 5.83. The molecule has 0 aromatic rings. The Morgan fingerprint density at radius 1 is 1.14 bits per heavy atom. The Morgan fingerprint density at radius 2 is 1.68 bits per heavy atom.